The topological polar surface area (TPSA) is 39.3 Å². The average molecular weight is 348 g/mol. The number of hydrogen-bond acceptors (Lipinski definition) is 2. The second-order valence-corrected chi connectivity index (χ2v) is 6.33. The molecule has 2 heterocycles. The molecule has 0 radical (unpaired) electrons. The quantitative estimate of drug-likeness (QED) is 0.907. The van der Waals surface area contributed by atoms with Crippen molar-refractivity contribution in [2.24, 2.45) is 0 Å². The van der Waals surface area contributed by atoms with Crippen molar-refractivity contribution in [2.75, 3.05) is 26.7 Å². The van der Waals surface area contributed by atoms with Crippen LogP contribution in [-0.4, -0.2) is 47.4 Å². The van der Waals surface area contributed by atoms with E-state index in [9.17, 15) is 4.79 Å². The lowest BCUT2D eigenvalue weighted by molar-refractivity contribution is 0.0493. The number of aromatic amines is 1. The molecule has 0 unspecified atom stereocenters. The number of likely N-dealkylation sites (N-methyl/N-ethyl adjacent to an activating group) is 1. The second kappa shape index (κ2) is 6.03. The molecule has 0 bridgehead atoms. The summed E-state index contributed by atoms with van der Waals surface area (Å²) in [5.74, 6) is 0.0580. The minimum Gasteiger partial charge on any atom is -0.356 e. The summed E-state index contributed by atoms with van der Waals surface area (Å²) in [6.45, 7) is 2.50. The predicted molar refractivity (Wildman–Crippen MR) is 86.2 cm³/mol. The smallest absolute Gasteiger partial charge is 0.270 e. The number of nitrogens with one attached hydrogen (secondary N) is 1. The first kappa shape index (κ1) is 14.4. The van der Waals surface area contributed by atoms with Crippen LogP contribution in [0.5, 0.6) is 0 Å². The molecule has 0 saturated carbocycles. The largest absolute Gasteiger partial charge is 0.356 e. The van der Waals surface area contributed by atoms with Crippen LogP contribution < -0.4 is 0 Å². The molecule has 1 amide bonds. The molecular weight excluding hydrogens is 330 g/mol. The van der Waals surface area contributed by atoms with Gasteiger partial charge in [-0.15, -0.1) is 0 Å². The van der Waals surface area contributed by atoms with Crippen LogP contribution in [0.15, 0.2) is 47.1 Å². The summed E-state index contributed by atoms with van der Waals surface area (Å²) in [5, 5.41) is 0. The highest BCUT2D eigenvalue weighted by Crippen LogP contribution is 2.26. The van der Waals surface area contributed by atoms with Gasteiger partial charge in [0.15, 0.2) is 0 Å². The van der Waals surface area contributed by atoms with E-state index >= 15 is 0 Å². The molecule has 5 heteroatoms. The van der Waals surface area contributed by atoms with Crippen LogP contribution in [0.25, 0.3) is 0 Å². The summed E-state index contributed by atoms with van der Waals surface area (Å²) in [6.07, 6.45) is 1.79. The number of amides is 1. The Morgan fingerprint density at radius 1 is 1.29 bits per heavy atom. The van der Waals surface area contributed by atoms with Gasteiger partial charge in [0, 0.05) is 30.3 Å². The van der Waals surface area contributed by atoms with E-state index in [1.165, 1.54) is 5.56 Å². The van der Waals surface area contributed by atoms with Crippen molar-refractivity contribution in [2.45, 2.75) is 6.04 Å². The zero-order valence-corrected chi connectivity index (χ0v) is 13.5. The molecule has 0 aliphatic carbocycles. The van der Waals surface area contributed by atoms with Crippen LogP contribution in [0.3, 0.4) is 0 Å². The first-order valence-electron chi connectivity index (χ1n) is 7.03. The fraction of sp³-hybridized carbons (Fsp3) is 0.312. The van der Waals surface area contributed by atoms with Gasteiger partial charge in [-0.2, -0.15) is 0 Å². The van der Waals surface area contributed by atoms with Crippen LogP contribution in [0.4, 0.5) is 0 Å². The Balaban J connectivity index is 1.89. The summed E-state index contributed by atoms with van der Waals surface area (Å²) in [5.41, 5.74) is 1.82. The molecule has 1 atom stereocenters. The summed E-state index contributed by atoms with van der Waals surface area (Å²) >= 11 is 3.38. The maximum atomic E-state index is 12.8. The predicted octanol–water partition coefficient (Wildman–Crippen LogP) is 2.91. The van der Waals surface area contributed by atoms with Gasteiger partial charge >= 0.3 is 0 Å². The van der Waals surface area contributed by atoms with E-state index in [0.717, 1.165) is 24.1 Å². The highest BCUT2D eigenvalue weighted by Gasteiger charge is 2.31. The summed E-state index contributed by atoms with van der Waals surface area (Å²) < 4.78 is 0.899. The van der Waals surface area contributed by atoms with Crippen molar-refractivity contribution in [1.82, 2.24) is 14.8 Å². The molecule has 1 saturated heterocycles. The Kier molecular flexibility index (Phi) is 4.12. The lowest BCUT2D eigenvalue weighted by Gasteiger charge is -2.40. The van der Waals surface area contributed by atoms with E-state index in [-0.39, 0.29) is 11.9 Å². The molecular formula is C16H18BrN3O. The standard InChI is InChI=1S/C16H18BrN3O/c1-19-7-8-20(16(21)14-9-13(17)10-18-14)15(11-19)12-5-3-2-4-6-12/h2-6,9-10,15,18H,7-8,11H2,1H3/t15-/m0/s1. The minimum absolute atomic E-state index is 0.0580. The lowest BCUT2D eigenvalue weighted by atomic mass is 10.0. The first-order chi connectivity index (χ1) is 10.1. The third-order valence-corrected chi connectivity index (χ3v) is 4.36. The van der Waals surface area contributed by atoms with Gasteiger partial charge in [-0.25, -0.2) is 0 Å². The van der Waals surface area contributed by atoms with Crippen LogP contribution in [0.1, 0.15) is 22.1 Å². The van der Waals surface area contributed by atoms with Gasteiger partial charge < -0.3 is 14.8 Å². The van der Waals surface area contributed by atoms with Crippen molar-refractivity contribution in [3.8, 4) is 0 Å². The monoisotopic (exact) mass is 347 g/mol. The third-order valence-electron chi connectivity index (χ3n) is 3.91. The van der Waals surface area contributed by atoms with Gasteiger partial charge in [-0.05, 0) is 34.6 Å². The maximum absolute atomic E-state index is 12.8. The fourth-order valence-corrected chi connectivity index (χ4v) is 3.11. The Morgan fingerprint density at radius 3 is 2.71 bits per heavy atom. The van der Waals surface area contributed by atoms with E-state index in [4.69, 9.17) is 0 Å². The first-order valence-corrected chi connectivity index (χ1v) is 7.83. The Hall–Kier alpha value is -1.59. The molecule has 1 aromatic heterocycles. The van der Waals surface area contributed by atoms with E-state index in [1.54, 1.807) is 6.20 Å². The highest BCUT2D eigenvalue weighted by molar-refractivity contribution is 9.10. The summed E-state index contributed by atoms with van der Waals surface area (Å²) in [7, 11) is 2.10. The minimum atomic E-state index is 0.0580. The number of carbonyl (C=O) groups excluding carboxylic acids is 1. The van der Waals surface area contributed by atoms with Crippen LogP contribution in [0, 0.1) is 0 Å². The molecule has 3 rings (SSSR count). The third kappa shape index (κ3) is 3.04. The van der Waals surface area contributed by atoms with Gasteiger partial charge in [0.25, 0.3) is 5.91 Å². The van der Waals surface area contributed by atoms with Gasteiger partial charge in [0.2, 0.25) is 0 Å². The number of carbonyl (C=O) groups is 1. The molecule has 4 nitrogen and oxygen atoms in total. The molecule has 1 N–H and O–H groups in total. The molecule has 110 valence electrons. The number of halogens is 1. The average Bonchev–Trinajstić information content (AvgIpc) is 2.94. The normalized spacial score (nSPS) is 19.7. The van der Waals surface area contributed by atoms with Crippen molar-refractivity contribution in [3.05, 3.63) is 58.3 Å². The van der Waals surface area contributed by atoms with E-state index < -0.39 is 0 Å². The zero-order chi connectivity index (χ0) is 14.8. The number of hydrogen-bond donors (Lipinski definition) is 1. The summed E-state index contributed by atoms with van der Waals surface area (Å²) in [4.78, 5) is 20.0. The number of piperazine rings is 1. The van der Waals surface area contributed by atoms with Gasteiger partial charge in [0.1, 0.15) is 5.69 Å². The van der Waals surface area contributed by atoms with Crippen molar-refractivity contribution in [3.63, 3.8) is 0 Å². The number of aromatic nitrogens is 1. The van der Waals surface area contributed by atoms with Gasteiger partial charge in [-0.1, -0.05) is 30.3 Å². The van der Waals surface area contributed by atoms with Crippen LogP contribution >= 0.6 is 15.9 Å². The highest BCUT2D eigenvalue weighted by atomic mass is 79.9. The van der Waals surface area contributed by atoms with Crippen LogP contribution in [0.2, 0.25) is 0 Å². The maximum Gasteiger partial charge on any atom is 0.270 e. The fourth-order valence-electron chi connectivity index (χ4n) is 2.77. The second-order valence-electron chi connectivity index (χ2n) is 5.42. The van der Waals surface area contributed by atoms with E-state index in [2.05, 4.69) is 45.0 Å². The molecule has 1 fully saturated rings. The number of rotatable bonds is 2. The Bertz CT molecular complexity index is 625. The van der Waals surface area contributed by atoms with Gasteiger partial charge in [0.05, 0.1) is 6.04 Å². The number of benzene rings is 1. The molecule has 1 aromatic carbocycles. The summed E-state index contributed by atoms with van der Waals surface area (Å²) in [6, 6.07) is 12.2. The Labute approximate surface area is 132 Å². The van der Waals surface area contributed by atoms with Crippen molar-refractivity contribution >= 4 is 21.8 Å². The lowest BCUT2D eigenvalue weighted by Crippen LogP contribution is -2.49. The van der Waals surface area contributed by atoms with Gasteiger partial charge in [-0.3, -0.25) is 4.79 Å². The van der Waals surface area contributed by atoms with Crippen LogP contribution in [-0.2, 0) is 0 Å². The molecule has 21 heavy (non-hydrogen) atoms. The Morgan fingerprint density at radius 2 is 2.05 bits per heavy atom. The van der Waals surface area contributed by atoms with E-state index in [0.29, 0.717) is 5.69 Å². The van der Waals surface area contributed by atoms with E-state index in [1.807, 2.05) is 29.2 Å². The molecule has 0 spiro atoms. The SMILES string of the molecule is CN1CCN(C(=O)c2cc(Br)c[nH]2)[C@H](c2ccccc2)C1. The zero-order valence-electron chi connectivity index (χ0n) is 11.9. The number of H-pyrrole nitrogens is 1. The van der Waals surface area contributed by atoms with Crippen molar-refractivity contribution in [1.29, 1.82) is 0 Å². The van der Waals surface area contributed by atoms with Crippen molar-refractivity contribution < 1.29 is 4.79 Å². The molecule has 1 aliphatic heterocycles. The number of nitrogens with zero attached hydrogens (tertiary/aromatic N) is 2. The molecule has 1 aliphatic rings. The molecule has 2 aromatic rings.